The number of urea groups is 1. The van der Waals surface area contributed by atoms with E-state index in [1.807, 2.05) is 66.7 Å². The Morgan fingerprint density at radius 3 is 2.48 bits per heavy atom. The van der Waals surface area contributed by atoms with E-state index >= 15 is 0 Å². The summed E-state index contributed by atoms with van der Waals surface area (Å²) in [4.78, 5) is 12.5. The van der Waals surface area contributed by atoms with Gasteiger partial charge in [0.15, 0.2) is 0 Å². The third-order valence-electron chi connectivity index (χ3n) is 5.20. The van der Waals surface area contributed by atoms with Gasteiger partial charge in [0.1, 0.15) is 5.75 Å². The van der Waals surface area contributed by atoms with Crippen LogP contribution in [0.2, 0.25) is 0 Å². The maximum absolute atomic E-state index is 12.5. The van der Waals surface area contributed by atoms with Gasteiger partial charge in [-0.15, -0.1) is 0 Å². The Labute approximate surface area is 182 Å². The highest BCUT2D eigenvalue weighted by molar-refractivity contribution is 6.00. The van der Waals surface area contributed by atoms with Crippen LogP contribution in [0.3, 0.4) is 0 Å². The van der Waals surface area contributed by atoms with Gasteiger partial charge in [0, 0.05) is 35.3 Å². The second kappa shape index (κ2) is 9.40. The van der Waals surface area contributed by atoms with Crippen LogP contribution in [-0.2, 0) is 6.54 Å². The smallest absolute Gasteiger partial charge is 0.323 e. The zero-order valence-corrected chi connectivity index (χ0v) is 17.7. The lowest BCUT2D eigenvalue weighted by Crippen LogP contribution is -2.27. The number of hydrogen-bond acceptors (Lipinski definition) is 5. The third kappa shape index (κ3) is 5.26. The normalized spacial score (nSPS) is 13.4. The zero-order chi connectivity index (χ0) is 21.6. The molecule has 2 amide bonds. The summed E-state index contributed by atoms with van der Waals surface area (Å²) in [6.07, 6.45) is 0. The van der Waals surface area contributed by atoms with Crippen LogP contribution in [0.25, 0.3) is 0 Å². The van der Waals surface area contributed by atoms with E-state index in [-0.39, 0.29) is 12.1 Å². The molecule has 4 rings (SSSR count). The molecule has 1 heterocycles. The van der Waals surface area contributed by atoms with Crippen LogP contribution in [-0.4, -0.2) is 19.8 Å². The first kappa shape index (κ1) is 20.6. The maximum Gasteiger partial charge on any atom is 0.323 e. The molecule has 1 unspecified atom stereocenters. The van der Waals surface area contributed by atoms with E-state index in [2.05, 4.69) is 33.5 Å². The number of fused-ring (bicyclic) bond motifs is 1. The summed E-state index contributed by atoms with van der Waals surface area (Å²) in [5.41, 5.74) is 5.78. The van der Waals surface area contributed by atoms with Crippen LogP contribution in [0.1, 0.15) is 24.1 Å². The predicted molar refractivity (Wildman–Crippen MR) is 126 cm³/mol. The van der Waals surface area contributed by atoms with Gasteiger partial charge in [-0.25, -0.2) is 4.79 Å². The maximum atomic E-state index is 12.5. The average Bonchev–Trinajstić information content (AvgIpc) is 2.79. The quantitative estimate of drug-likeness (QED) is 0.390. The van der Waals surface area contributed by atoms with E-state index in [1.54, 1.807) is 7.11 Å². The summed E-state index contributed by atoms with van der Waals surface area (Å²) in [6, 6.07) is 21.3. The molecule has 1 atom stereocenters. The third-order valence-corrected chi connectivity index (χ3v) is 5.20. The minimum absolute atomic E-state index is 0.0684. The van der Waals surface area contributed by atoms with Gasteiger partial charge in [0.25, 0.3) is 0 Å². The molecular formula is C24H27N5O2. The highest BCUT2D eigenvalue weighted by atomic mass is 16.5. The number of ether oxygens (including phenoxy) is 1. The first-order chi connectivity index (χ1) is 15.1. The van der Waals surface area contributed by atoms with Crippen molar-refractivity contribution in [3.8, 4) is 5.75 Å². The van der Waals surface area contributed by atoms with E-state index in [0.717, 1.165) is 52.8 Å². The Balaban J connectivity index is 1.37. The minimum atomic E-state index is -0.274. The van der Waals surface area contributed by atoms with Gasteiger partial charge in [-0.2, -0.15) is 0 Å². The van der Waals surface area contributed by atoms with Crippen molar-refractivity contribution in [1.82, 2.24) is 5.32 Å². The van der Waals surface area contributed by atoms with Crippen molar-refractivity contribution in [2.24, 2.45) is 0 Å². The first-order valence-electron chi connectivity index (χ1n) is 10.3. The van der Waals surface area contributed by atoms with Crippen LogP contribution in [0.4, 0.5) is 27.5 Å². The number of carbonyl (C=O) groups excluding carboxylic acids is 1. The number of methoxy groups -OCH3 is 1. The van der Waals surface area contributed by atoms with Gasteiger partial charge in [-0.05, 0) is 72.6 Å². The molecule has 1 aliphatic rings. The van der Waals surface area contributed by atoms with E-state index < -0.39 is 0 Å². The Morgan fingerprint density at radius 2 is 1.71 bits per heavy atom. The highest BCUT2D eigenvalue weighted by Crippen LogP contribution is 2.25. The summed E-state index contributed by atoms with van der Waals surface area (Å²) >= 11 is 0. The molecule has 0 fully saturated rings. The van der Waals surface area contributed by atoms with Crippen molar-refractivity contribution in [3.05, 3.63) is 77.9 Å². The van der Waals surface area contributed by atoms with Crippen molar-refractivity contribution in [2.45, 2.75) is 19.5 Å². The molecule has 0 radical (unpaired) electrons. The molecule has 0 saturated heterocycles. The topological polar surface area (TPSA) is 86.5 Å². The van der Waals surface area contributed by atoms with E-state index in [4.69, 9.17) is 4.74 Å². The second-order valence-electron chi connectivity index (χ2n) is 7.45. The summed E-state index contributed by atoms with van der Waals surface area (Å²) in [7, 11) is 1.65. The number of carbonyl (C=O) groups is 1. The highest BCUT2D eigenvalue weighted by Gasteiger charge is 2.11. The van der Waals surface area contributed by atoms with Crippen molar-refractivity contribution in [2.75, 3.05) is 35.0 Å². The van der Waals surface area contributed by atoms with Crippen molar-refractivity contribution in [3.63, 3.8) is 0 Å². The minimum Gasteiger partial charge on any atom is -0.497 e. The van der Waals surface area contributed by atoms with Gasteiger partial charge < -0.3 is 26.0 Å². The summed E-state index contributed by atoms with van der Waals surface area (Å²) in [5.74, 6) is 0.821. The van der Waals surface area contributed by atoms with Crippen LogP contribution in [0.15, 0.2) is 66.7 Å². The molecule has 0 bridgehead atoms. The lowest BCUT2D eigenvalue weighted by atomic mass is 10.1. The standard InChI is InChI=1S/C24H27N5O2/c1-16(27-19-6-9-22(31-2)10-7-19)17-4-3-5-20(12-17)28-24(30)29-21-8-11-23-18(13-21)14-25-15-26-23/h3-13,16,25-27H,14-15H2,1-2H3,(H2,28,29,30). The van der Waals surface area contributed by atoms with E-state index in [9.17, 15) is 4.79 Å². The number of nitrogens with one attached hydrogen (secondary N) is 5. The number of benzene rings is 3. The number of anilines is 4. The molecule has 7 nitrogen and oxygen atoms in total. The Morgan fingerprint density at radius 1 is 0.968 bits per heavy atom. The van der Waals surface area contributed by atoms with Crippen molar-refractivity contribution < 1.29 is 9.53 Å². The monoisotopic (exact) mass is 417 g/mol. The Bertz CT molecular complexity index is 1050. The fraction of sp³-hybridized carbons (Fsp3) is 0.208. The van der Waals surface area contributed by atoms with Gasteiger partial charge in [0.05, 0.1) is 13.8 Å². The molecule has 31 heavy (non-hydrogen) atoms. The van der Waals surface area contributed by atoms with E-state index in [1.165, 1.54) is 0 Å². The van der Waals surface area contributed by atoms with Crippen LogP contribution >= 0.6 is 0 Å². The molecule has 3 aromatic carbocycles. The fourth-order valence-corrected chi connectivity index (χ4v) is 3.54. The molecular weight excluding hydrogens is 390 g/mol. The lowest BCUT2D eigenvalue weighted by molar-refractivity contribution is 0.262. The average molecular weight is 418 g/mol. The Kier molecular flexibility index (Phi) is 6.24. The molecule has 7 heteroatoms. The molecule has 0 aliphatic carbocycles. The predicted octanol–water partition coefficient (Wildman–Crippen LogP) is 4.98. The van der Waals surface area contributed by atoms with Crippen molar-refractivity contribution in [1.29, 1.82) is 0 Å². The summed E-state index contributed by atoms with van der Waals surface area (Å²) in [5, 5.41) is 15.8. The summed E-state index contributed by atoms with van der Waals surface area (Å²) in [6.45, 7) is 3.61. The summed E-state index contributed by atoms with van der Waals surface area (Å²) < 4.78 is 5.20. The number of rotatable bonds is 6. The number of hydrogen-bond donors (Lipinski definition) is 5. The molecule has 1 aliphatic heterocycles. The second-order valence-corrected chi connectivity index (χ2v) is 7.45. The van der Waals surface area contributed by atoms with Crippen LogP contribution in [0, 0.1) is 0 Å². The molecule has 0 spiro atoms. The van der Waals surface area contributed by atoms with Crippen LogP contribution < -0.4 is 31.3 Å². The van der Waals surface area contributed by atoms with Crippen molar-refractivity contribution >= 4 is 28.8 Å². The largest absolute Gasteiger partial charge is 0.497 e. The van der Waals surface area contributed by atoms with Gasteiger partial charge in [-0.1, -0.05) is 12.1 Å². The zero-order valence-electron chi connectivity index (χ0n) is 17.7. The molecule has 0 aromatic heterocycles. The molecule has 160 valence electrons. The molecule has 3 aromatic rings. The van der Waals surface area contributed by atoms with Gasteiger partial charge >= 0.3 is 6.03 Å². The van der Waals surface area contributed by atoms with Crippen LogP contribution in [0.5, 0.6) is 5.75 Å². The first-order valence-corrected chi connectivity index (χ1v) is 10.3. The molecule has 0 saturated carbocycles. The SMILES string of the molecule is COc1ccc(NC(C)c2cccc(NC(=O)Nc3ccc4c(c3)CNCN4)c2)cc1. The van der Waals surface area contributed by atoms with Gasteiger partial charge in [0.2, 0.25) is 0 Å². The fourth-order valence-electron chi connectivity index (χ4n) is 3.54. The van der Waals surface area contributed by atoms with Gasteiger partial charge in [-0.3, -0.25) is 5.32 Å². The lowest BCUT2D eigenvalue weighted by Gasteiger charge is -2.20. The number of amides is 2. The molecule has 5 N–H and O–H groups in total. The van der Waals surface area contributed by atoms with E-state index in [0.29, 0.717) is 0 Å². The Hall–Kier alpha value is -3.71.